The van der Waals surface area contributed by atoms with Crippen LogP contribution in [0.1, 0.15) is 4.88 Å². The number of nitrogens with one attached hydrogen (secondary N) is 1. The maximum Gasteiger partial charge on any atom is 0.221 e. The van der Waals surface area contributed by atoms with Gasteiger partial charge in [0.15, 0.2) is 0 Å². The number of carbonyl (C=O) groups is 1. The molecule has 1 aromatic carbocycles. The molecule has 114 valence electrons. The van der Waals surface area contributed by atoms with E-state index in [1.54, 1.807) is 33.5 Å². The second-order valence-corrected chi connectivity index (χ2v) is 6.28. The fraction of sp³-hybridized carbons (Fsp3) is 0.154. The predicted molar refractivity (Wildman–Crippen MR) is 91.3 cm³/mol. The summed E-state index contributed by atoms with van der Waals surface area (Å²) in [7, 11) is 1.82. The quantitative estimate of drug-likeness (QED) is 0.255. The smallest absolute Gasteiger partial charge is 0.221 e. The summed E-state index contributed by atoms with van der Waals surface area (Å²) in [5.41, 5.74) is 2.71. The number of nitrogens with zero attached hydrogens (tertiary/aromatic N) is 1. The van der Waals surface area contributed by atoms with Crippen LogP contribution in [0.25, 0.3) is 0 Å². The van der Waals surface area contributed by atoms with Crippen molar-refractivity contribution in [2.24, 2.45) is 11.7 Å². The molecule has 21 heavy (non-hydrogen) atoms. The van der Waals surface area contributed by atoms with Crippen molar-refractivity contribution in [3.63, 3.8) is 0 Å². The number of hydrogen-bond donors (Lipinski definition) is 3. The van der Waals surface area contributed by atoms with E-state index in [4.69, 9.17) is 22.2 Å². The molecule has 0 saturated heterocycles. The predicted octanol–water partition coefficient (Wildman–Crippen LogP) is 2.61. The van der Waals surface area contributed by atoms with Gasteiger partial charge in [-0.05, 0) is 23.6 Å². The molecule has 1 aromatic heterocycles. The maximum absolute atomic E-state index is 8.94. The van der Waals surface area contributed by atoms with Gasteiger partial charge >= 0.3 is 0 Å². The number of halogens is 1. The number of anilines is 1. The molecule has 5 N–H and O–H groups in total. The highest BCUT2D eigenvalue weighted by molar-refractivity contribution is 7.99. The van der Waals surface area contributed by atoms with Crippen LogP contribution in [-0.2, 0) is 10.5 Å². The number of benzene rings is 1. The van der Waals surface area contributed by atoms with Gasteiger partial charge in [-0.25, -0.2) is 11.7 Å². The highest BCUT2D eigenvalue weighted by atomic mass is 35.5. The van der Waals surface area contributed by atoms with Crippen LogP contribution in [0.2, 0.25) is 5.02 Å². The van der Waals surface area contributed by atoms with Gasteiger partial charge in [0.25, 0.3) is 0 Å². The molecule has 2 aromatic rings. The van der Waals surface area contributed by atoms with Crippen LogP contribution in [-0.4, -0.2) is 13.5 Å². The van der Waals surface area contributed by atoms with E-state index in [9.17, 15) is 0 Å². The monoisotopic (exact) mass is 344 g/mol. The molecule has 0 bridgehead atoms. The molecule has 0 atom stereocenters. The molecule has 0 aliphatic rings. The molecular weight excluding hydrogens is 328 g/mol. The lowest BCUT2D eigenvalue weighted by Crippen LogP contribution is -2.25. The van der Waals surface area contributed by atoms with Gasteiger partial charge in [-0.1, -0.05) is 23.7 Å². The molecule has 0 fully saturated rings. The number of amides is 1. The van der Waals surface area contributed by atoms with Crippen molar-refractivity contribution in [3.05, 3.63) is 45.6 Å². The van der Waals surface area contributed by atoms with E-state index in [-0.39, 0.29) is 0 Å². The Balaban J connectivity index is 0.000000491. The SMILES string of the molecule is CN(N)c1cccc(Cl)c1SCc1cccs1.NNC=O. The van der Waals surface area contributed by atoms with E-state index >= 15 is 0 Å². The lowest BCUT2D eigenvalue weighted by Gasteiger charge is -2.17. The van der Waals surface area contributed by atoms with Crippen LogP contribution in [0, 0.1) is 0 Å². The minimum atomic E-state index is 0.403. The third-order valence-corrected chi connectivity index (χ3v) is 4.99. The van der Waals surface area contributed by atoms with Gasteiger partial charge in [-0.15, -0.1) is 23.1 Å². The summed E-state index contributed by atoms with van der Waals surface area (Å²) in [5, 5.41) is 4.43. The maximum atomic E-state index is 8.94. The summed E-state index contributed by atoms with van der Waals surface area (Å²) >= 11 is 9.68. The van der Waals surface area contributed by atoms with Gasteiger partial charge in [0, 0.05) is 17.7 Å². The molecular formula is C13H17ClN4OS2. The van der Waals surface area contributed by atoms with Crippen LogP contribution in [0.5, 0.6) is 0 Å². The normalized spacial score (nSPS) is 9.52. The van der Waals surface area contributed by atoms with Crippen LogP contribution < -0.4 is 22.1 Å². The Morgan fingerprint density at radius 2 is 2.14 bits per heavy atom. The van der Waals surface area contributed by atoms with E-state index in [0.29, 0.717) is 6.41 Å². The summed E-state index contributed by atoms with van der Waals surface area (Å²) in [6, 6.07) is 9.97. The van der Waals surface area contributed by atoms with E-state index in [0.717, 1.165) is 21.4 Å². The highest BCUT2D eigenvalue weighted by Crippen LogP contribution is 2.37. The molecule has 5 nitrogen and oxygen atoms in total. The molecule has 1 amide bonds. The van der Waals surface area contributed by atoms with Gasteiger partial charge in [0.05, 0.1) is 15.6 Å². The van der Waals surface area contributed by atoms with Crippen molar-refractivity contribution in [1.82, 2.24) is 5.43 Å². The average Bonchev–Trinajstić information content (AvgIpc) is 2.99. The van der Waals surface area contributed by atoms with Crippen molar-refractivity contribution in [3.8, 4) is 0 Å². The fourth-order valence-corrected chi connectivity index (χ4v) is 3.68. The topological polar surface area (TPSA) is 84.4 Å². The lowest BCUT2D eigenvalue weighted by molar-refractivity contribution is -0.109. The summed E-state index contributed by atoms with van der Waals surface area (Å²) in [6.07, 6.45) is 0.403. The van der Waals surface area contributed by atoms with Crippen molar-refractivity contribution < 1.29 is 4.79 Å². The minimum absolute atomic E-state index is 0.403. The number of carbonyl (C=O) groups excluding carboxylic acids is 1. The number of thiophene rings is 1. The molecule has 8 heteroatoms. The van der Waals surface area contributed by atoms with Gasteiger partial charge in [0.2, 0.25) is 6.41 Å². The van der Waals surface area contributed by atoms with Gasteiger partial charge in [-0.3, -0.25) is 10.2 Å². The lowest BCUT2D eigenvalue weighted by atomic mass is 10.3. The Hall–Kier alpha value is -1.25. The zero-order chi connectivity index (χ0) is 15.7. The third kappa shape index (κ3) is 5.94. The van der Waals surface area contributed by atoms with Crippen molar-refractivity contribution in [2.45, 2.75) is 10.6 Å². The Morgan fingerprint density at radius 3 is 2.67 bits per heavy atom. The first-order valence-corrected chi connectivity index (χ1v) is 8.16. The minimum Gasteiger partial charge on any atom is -0.313 e. The first-order chi connectivity index (χ1) is 10.1. The number of thioether (sulfide) groups is 1. The van der Waals surface area contributed by atoms with Crippen LogP contribution in [0.15, 0.2) is 40.6 Å². The van der Waals surface area contributed by atoms with Gasteiger partial charge < -0.3 is 5.01 Å². The zero-order valence-electron chi connectivity index (χ0n) is 11.5. The highest BCUT2D eigenvalue weighted by Gasteiger charge is 2.10. The molecule has 1 heterocycles. The Kier molecular flexibility index (Phi) is 8.17. The third-order valence-electron chi connectivity index (χ3n) is 2.33. The van der Waals surface area contributed by atoms with Crippen molar-refractivity contribution >= 4 is 46.8 Å². The number of hydrazine groups is 2. The first-order valence-electron chi connectivity index (χ1n) is 5.92. The van der Waals surface area contributed by atoms with E-state index < -0.39 is 0 Å². The van der Waals surface area contributed by atoms with Gasteiger partial charge in [-0.2, -0.15) is 0 Å². The summed E-state index contributed by atoms with van der Waals surface area (Å²) in [4.78, 5) is 11.3. The van der Waals surface area contributed by atoms with E-state index in [1.807, 2.05) is 25.2 Å². The average molecular weight is 345 g/mol. The molecule has 0 unspecified atom stereocenters. The molecule has 0 spiro atoms. The van der Waals surface area contributed by atoms with Crippen LogP contribution in [0.4, 0.5) is 5.69 Å². The van der Waals surface area contributed by atoms with E-state index in [1.165, 1.54) is 4.88 Å². The van der Waals surface area contributed by atoms with Crippen molar-refractivity contribution in [1.29, 1.82) is 0 Å². The van der Waals surface area contributed by atoms with Crippen LogP contribution >= 0.6 is 34.7 Å². The van der Waals surface area contributed by atoms with E-state index in [2.05, 4.69) is 23.4 Å². The molecule has 0 aliphatic carbocycles. The standard InChI is InChI=1S/C12H13ClN2S2.CH4N2O/c1-15(14)11-6-2-5-10(13)12(11)17-8-9-4-3-7-16-9;2-3-1-4/h2-7H,8,14H2,1H3;1H,2H2,(H,3,4). The van der Waals surface area contributed by atoms with Crippen LogP contribution in [0.3, 0.4) is 0 Å². The Labute approximate surface area is 137 Å². The first kappa shape index (κ1) is 17.8. The number of hydrogen-bond acceptors (Lipinski definition) is 6. The summed E-state index contributed by atoms with van der Waals surface area (Å²) in [6.45, 7) is 0. The molecule has 0 saturated carbocycles. The second-order valence-electron chi connectivity index (χ2n) is 3.85. The Bertz CT molecular complexity index is 549. The summed E-state index contributed by atoms with van der Waals surface area (Å²) in [5.74, 6) is 11.1. The molecule has 0 aliphatic heterocycles. The number of nitrogens with two attached hydrogens (primary N) is 2. The second kappa shape index (κ2) is 9.64. The fourth-order valence-electron chi connectivity index (χ4n) is 1.46. The number of rotatable bonds is 5. The molecule has 2 rings (SSSR count). The summed E-state index contributed by atoms with van der Waals surface area (Å²) < 4.78 is 0. The largest absolute Gasteiger partial charge is 0.313 e. The zero-order valence-corrected chi connectivity index (χ0v) is 13.8. The van der Waals surface area contributed by atoms with Gasteiger partial charge in [0.1, 0.15) is 0 Å². The molecule has 0 radical (unpaired) electrons. The van der Waals surface area contributed by atoms with Crippen molar-refractivity contribution in [2.75, 3.05) is 12.1 Å². The Morgan fingerprint density at radius 1 is 1.43 bits per heavy atom.